The van der Waals surface area contributed by atoms with Crippen molar-refractivity contribution in [3.63, 3.8) is 0 Å². The SMILES string of the molecule is CCCc1ncc(-c2ccn[nH]2)[nH]1. The molecule has 0 spiro atoms. The van der Waals surface area contributed by atoms with Crippen molar-refractivity contribution < 1.29 is 0 Å². The zero-order chi connectivity index (χ0) is 9.10. The van der Waals surface area contributed by atoms with Gasteiger partial charge >= 0.3 is 0 Å². The average molecular weight is 176 g/mol. The van der Waals surface area contributed by atoms with E-state index in [1.807, 2.05) is 12.3 Å². The largest absolute Gasteiger partial charge is 0.341 e. The van der Waals surface area contributed by atoms with Gasteiger partial charge in [-0.1, -0.05) is 6.92 Å². The summed E-state index contributed by atoms with van der Waals surface area (Å²) in [6, 6.07) is 1.92. The molecule has 0 aliphatic rings. The lowest BCUT2D eigenvalue weighted by Gasteiger charge is -1.90. The normalized spacial score (nSPS) is 10.5. The van der Waals surface area contributed by atoms with Gasteiger partial charge in [-0.25, -0.2) is 4.98 Å². The molecular weight excluding hydrogens is 164 g/mol. The molecule has 0 fully saturated rings. The summed E-state index contributed by atoms with van der Waals surface area (Å²) in [6.07, 6.45) is 5.66. The molecule has 0 aliphatic heterocycles. The van der Waals surface area contributed by atoms with Crippen LogP contribution in [-0.4, -0.2) is 20.2 Å². The molecule has 0 unspecified atom stereocenters. The molecule has 2 rings (SSSR count). The number of nitrogens with one attached hydrogen (secondary N) is 2. The van der Waals surface area contributed by atoms with E-state index in [1.165, 1.54) is 0 Å². The fraction of sp³-hybridized carbons (Fsp3) is 0.333. The van der Waals surface area contributed by atoms with Crippen molar-refractivity contribution >= 4 is 0 Å². The first-order valence-electron chi connectivity index (χ1n) is 4.43. The van der Waals surface area contributed by atoms with E-state index >= 15 is 0 Å². The number of nitrogens with zero attached hydrogens (tertiary/aromatic N) is 2. The molecule has 2 aromatic rings. The van der Waals surface area contributed by atoms with Gasteiger partial charge in [-0.2, -0.15) is 5.10 Å². The van der Waals surface area contributed by atoms with Gasteiger partial charge < -0.3 is 4.98 Å². The Morgan fingerprint density at radius 1 is 1.38 bits per heavy atom. The molecule has 0 saturated carbocycles. The Morgan fingerprint density at radius 2 is 2.31 bits per heavy atom. The molecule has 0 aromatic carbocycles. The maximum atomic E-state index is 4.26. The van der Waals surface area contributed by atoms with Crippen molar-refractivity contribution in [2.24, 2.45) is 0 Å². The minimum Gasteiger partial charge on any atom is -0.341 e. The van der Waals surface area contributed by atoms with E-state index in [-0.39, 0.29) is 0 Å². The van der Waals surface area contributed by atoms with Crippen LogP contribution in [0.3, 0.4) is 0 Å². The second-order valence-corrected chi connectivity index (χ2v) is 2.96. The Labute approximate surface area is 76.4 Å². The van der Waals surface area contributed by atoms with Crippen LogP contribution >= 0.6 is 0 Å². The van der Waals surface area contributed by atoms with Crippen molar-refractivity contribution in [1.82, 2.24) is 20.2 Å². The van der Waals surface area contributed by atoms with E-state index in [2.05, 4.69) is 27.1 Å². The Bertz CT molecular complexity index is 361. The molecule has 2 heterocycles. The number of rotatable bonds is 3. The van der Waals surface area contributed by atoms with E-state index in [0.29, 0.717) is 0 Å². The highest BCUT2D eigenvalue weighted by molar-refractivity contribution is 5.51. The summed E-state index contributed by atoms with van der Waals surface area (Å²) < 4.78 is 0. The van der Waals surface area contributed by atoms with Crippen LogP contribution in [-0.2, 0) is 6.42 Å². The number of imidazole rings is 1. The molecule has 0 aliphatic carbocycles. The smallest absolute Gasteiger partial charge is 0.106 e. The van der Waals surface area contributed by atoms with Crippen LogP contribution in [0.1, 0.15) is 19.2 Å². The van der Waals surface area contributed by atoms with Gasteiger partial charge in [0.2, 0.25) is 0 Å². The van der Waals surface area contributed by atoms with Crippen LogP contribution in [0.25, 0.3) is 11.4 Å². The highest BCUT2D eigenvalue weighted by Gasteiger charge is 2.02. The van der Waals surface area contributed by atoms with E-state index in [0.717, 1.165) is 30.1 Å². The lowest BCUT2D eigenvalue weighted by atomic mass is 10.3. The summed E-state index contributed by atoms with van der Waals surface area (Å²) in [7, 11) is 0. The van der Waals surface area contributed by atoms with Crippen molar-refractivity contribution in [3.8, 4) is 11.4 Å². The van der Waals surface area contributed by atoms with Gasteiger partial charge in [0.15, 0.2) is 0 Å². The number of aromatic amines is 2. The van der Waals surface area contributed by atoms with Gasteiger partial charge in [0, 0.05) is 12.6 Å². The Kier molecular flexibility index (Phi) is 2.12. The summed E-state index contributed by atoms with van der Waals surface area (Å²) in [4.78, 5) is 7.49. The Morgan fingerprint density at radius 3 is 3.00 bits per heavy atom. The van der Waals surface area contributed by atoms with E-state index in [4.69, 9.17) is 0 Å². The van der Waals surface area contributed by atoms with E-state index < -0.39 is 0 Å². The summed E-state index contributed by atoms with van der Waals surface area (Å²) >= 11 is 0. The predicted molar refractivity (Wildman–Crippen MR) is 50.2 cm³/mol. The molecule has 68 valence electrons. The molecule has 4 nitrogen and oxygen atoms in total. The third kappa shape index (κ3) is 1.61. The van der Waals surface area contributed by atoms with Crippen molar-refractivity contribution in [2.75, 3.05) is 0 Å². The Hall–Kier alpha value is -1.58. The average Bonchev–Trinajstić information content (AvgIpc) is 2.70. The zero-order valence-corrected chi connectivity index (χ0v) is 7.54. The van der Waals surface area contributed by atoms with Crippen LogP contribution in [0.4, 0.5) is 0 Å². The molecule has 13 heavy (non-hydrogen) atoms. The second kappa shape index (κ2) is 3.43. The van der Waals surface area contributed by atoms with Gasteiger partial charge in [-0.05, 0) is 12.5 Å². The summed E-state index contributed by atoms with van der Waals surface area (Å²) in [5.74, 6) is 1.03. The summed E-state index contributed by atoms with van der Waals surface area (Å²) in [6.45, 7) is 2.14. The topological polar surface area (TPSA) is 57.4 Å². The molecule has 2 N–H and O–H groups in total. The zero-order valence-electron chi connectivity index (χ0n) is 7.54. The summed E-state index contributed by atoms with van der Waals surface area (Å²) in [5, 5.41) is 6.77. The fourth-order valence-electron chi connectivity index (χ4n) is 1.27. The number of hydrogen-bond acceptors (Lipinski definition) is 2. The van der Waals surface area contributed by atoms with Crippen LogP contribution in [0.15, 0.2) is 18.5 Å². The lowest BCUT2D eigenvalue weighted by Crippen LogP contribution is -1.85. The number of hydrogen-bond donors (Lipinski definition) is 2. The van der Waals surface area contributed by atoms with Gasteiger partial charge in [-0.15, -0.1) is 0 Å². The second-order valence-electron chi connectivity index (χ2n) is 2.96. The molecule has 4 heteroatoms. The van der Waals surface area contributed by atoms with Crippen molar-refractivity contribution in [2.45, 2.75) is 19.8 Å². The first-order chi connectivity index (χ1) is 6.40. The lowest BCUT2D eigenvalue weighted by molar-refractivity contribution is 0.857. The quantitative estimate of drug-likeness (QED) is 0.748. The van der Waals surface area contributed by atoms with Crippen molar-refractivity contribution in [1.29, 1.82) is 0 Å². The van der Waals surface area contributed by atoms with Crippen LogP contribution in [0.5, 0.6) is 0 Å². The highest BCUT2D eigenvalue weighted by Crippen LogP contribution is 2.13. The first kappa shape index (κ1) is 8.04. The van der Waals surface area contributed by atoms with Gasteiger partial charge in [0.05, 0.1) is 17.6 Å². The third-order valence-electron chi connectivity index (χ3n) is 1.91. The van der Waals surface area contributed by atoms with Crippen LogP contribution in [0, 0.1) is 0 Å². The highest BCUT2D eigenvalue weighted by atomic mass is 15.1. The molecule has 2 aromatic heterocycles. The van der Waals surface area contributed by atoms with Gasteiger partial charge in [-0.3, -0.25) is 5.10 Å². The van der Waals surface area contributed by atoms with Crippen LogP contribution in [0.2, 0.25) is 0 Å². The maximum Gasteiger partial charge on any atom is 0.106 e. The van der Waals surface area contributed by atoms with Crippen LogP contribution < -0.4 is 0 Å². The minimum absolute atomic E-state index is 0.981. The van der Waals surface area contributed by atoms with Crippen molar-refractivity contribution in [3.05, 3.63) is 24.3 Å². The van der Waals surface area contributed by atoms with E-state index in [9.17, 15) is 0 Å². The number of aryl methyl sites for hydroxylation is 1. The monoisotopic (exact) mass is 176 g/mol. The molecule has 0 radical (unpaired) electrons. The molecule has 0 bridgehead atoms. The maximum absolute atomic E-state index is 4.26. The predicted octanol–water partition coefficient (Wildman–Crippen LogP) is 1.75. The van der Waals surface area contributed by atoms with Gasteiger partial charge in [0.25, 0.3) is 0 Å². The van der Waals surface area contributed by atoms with E-state index in [1.54, 1.807) is 6.20 Å². The number of H-pyrrole nitrogens is 2. The standard InChI is InChI=1S/C9H12N4/c1-2-3-9-10-6-8(12-9)7-4-5-11-13-7/h4-6H,2-3H2,1H3,(H,10,12)(H,11,13). The fourth-order valence-corrected chi connectivity index (χ4v) is 1.27. The number of aromatic nitrogens is 4. The summed E-state index contributed by atoms with van der Waals surface area (Å²) in [5.41, 5.74) is 1.98. The first-order valence-corrected chi connectivity index (χ1v) is 4.43. The molecule has 0 amide bonds. The van der Waals surface area contributed by atoms with Gasteiger partial charge in [0.1, 0.15) is 5.82 Å². The molecule has 0 saturated heterocycles. The minimum atomic E-state index is 0.981. The molecule has 0 atom stereocenters. The molecular formula is C9H12N4. The Balaban J connectivity index is 2.23. The third-order valence-corrected chi connectivity index (χ3v) is 1.91.